The number of nitrogens with zero attached hydrogens (tertiary/aromatic N) is 2. The zero-order chi connectivity index (χ0) is 40.1. The molecule has 0 bridgehead atoms. The van der Waals surface area contributed by atoms with E-state index >= 15 is 0 Å². The molecule has 14 heteroatoms. The van der Waals surface area contributed by atoms with E-state index in [0.717, 1.165) is 6.29 Å². The lowest BCUT2D eigenvalue weighted by atomic mass is 9.78. The highest BCUT2D eigenvalue weighted by Gasteiger charge is 2.52. The Kier molecular flexibility index (Phi) is 15.7. The molecule has 0 aromatic heterocycles. The van der Waals surface area contributed by atoms with Gasteiger partial charge >= 0.3 is 18.2 Å². The fourth-order valence-electron chi connectivity index (χ4n) is 7.91. The van der Waals surface area contributed by atoms with Gasteiger partial charge in [0.05, 0.1) is 11.7 Å². The molecule has 0 radical (unpaired) electrons. The summed E-state index contributed by atoms with van der Waals surface area (Å²) in [5.41, 5.74) is 2.10. The Labute approximate surface area is 311 Å². The molecule has 4 unspecified atom stereocenters. The lowest BCUT2D eigenvalue weighted by Gasteiger charge is -2.47. The number of carbonyl (C=O) groups excluding carboxylic acids is 5. The van der Waals surface area contributed by atoms with Gasteiger partial charge in [0, 0.05) is 43.5 Å². The maximum absolute atomic E-state index is 14.3. The second-order valence-corrected chi connectivity index (χ2v) is 16.7. The van der Waals surface area contributed by atoms with Gasteiger partial charge < -0.3 is 48.7 Å². The van der Waals surface area contributed by atoms with Crippen LogP contribution in [0.4, 0.5) is 9.59 Å². The van der Waals surface area contributed by atoms with E-state index in [2.05, 4.69) is 0 Å². The minimum atomic E-state index is -1.51. The van der Waals surface area contributed by atoms with Crippen molar-refractivity contribution in [1.29, 1.82) is 0 Å². The topological polar surface area (TPSA) is 173 Å². The molecule has 2 amide bonds. The lowest BCUT2D eigenvalue weighted by Crippen LogP contribution is -2.59. The number of rotatable bonds is 7. The Hall–Kier alpha value is -2.81. The predicted octanol–water partition coefficient (Wildman–Crippen LogP) is 4.98. The fourth-order valence-corrected chi connectivity index (χ4v) is 7.91. The van der Waals surface area contributed by atoms with Crippen LogP contribution in [-0.2, 0) is 42.8 Å². The average Bonchev–Trinajstić information content (AvgIpc) is 3.05. The number of esters is 1. The Balaban J connectivity index is 2.81. The van der Waals surface area contributed by atoms with Gasteiger partial charge in [-0.15, -0.1) is 0 Å². The van der Waals surface area contributed by atoms with Gasteiger partial charge in [0.15, 0.2) is 17.7 Å². The van der Waals surface area contributed by atoms with Crippen molar-refractivity contribution in [2.45, 2.75) is 156 Å². The quantitative estimate of drug-likeness (QED) is 0.161. The average molecular weight is 742 g/mol. The number of carbonyl (C=O) groups is 5. The van der Waals surface area contributed by atoms with Gasteiger partial charge in [0.2, 0.25) is 0 Å². The van der Waals surface area contributed by atoms with Crippen LogP contribution in [0.5, 0.6) is 0 Å². The van der Waals surface area contributed by atoms with Gasteiger partial charge in [0.25, 0.3) is 0 Å². The fraction of sp³-hybridized carbons (Fsp3) is 0.868. The van der Waals surface area contributed by atoms with Crippen LogP contribution in [0.3, 0.4) is 0 Å². The van der Waals surface area contributed by atoms with E-state index in [1.807, 2.05) is 46.7 Å². The van der Waals surface area contributed by atoms with Gasteiger partial charge in [-0.3, -0.25) is 9.59 Å². The van der Waals surface area contributed by atoms with Crippen LogP contribution < -0.4 is 5.73 Å². The summed E-state index contributed by atoms with van der Waals surface area (Å²) in [6, 6.07) is -0.685. The zero-order valence-electron chi connectivity index (χ0n) is 34.2. The SMILES string of the molecule is CC[C@H]1OC(=O)C(C)C(=O)[C@H](C)[C@@H](O[C@@H]2OC(C=O)CC(N(C)C)C2C)[C@](C)(OC)C[C@@H](C)CN(C(=O)OC(C)(C)C)[C@H](C)[C@@H](C)[C@]1(C)OC(N)=O. The predicted molar refractivity (Wildman–Crippen MR) is 194 cm³/mol. The molecule has 13 atom stereocenters. The van der Waals surface area contributed by atoms with Crippen LogP contribution in [0.1, 0.15) is 102 Å². The zero-order valence-corrected chi connectivity index (χ0v) is 34.2. The van der Waals surface area contributed by atoms with Gasteiger partial charge in [-0.1, -0.05) is 34.6 Å². The molecule has 14 nitrogen and oxygen atoms in total. The highest BCUT2D eigenvalue weighted by molar-refractivity contribution is 6.00. The van der Waals surface area contributed by atoms with Gasteiger partial charge in [-0.2, -0.15) is 0 Å². The van der Waals surface area contributed by atoms with Crippen molar-refractivity contribution in [3.8, 4) is 0 Å². The molecule has 52 heavy (non-hydrogen) atoms. The normalized spacial score (nSPS) is 38.8. The van der Waals surface area contributed by atoms with E-state index < -0.39 is 89.1 Å². The Morgan fingerprint density at radius 1 is 1.08 bits per heavy atom. The molecule has 2 fully saturated rings. The first-order chi connectivity index (χ1) is 23.9. The van der Waals surface area contributed by atoms with E-state index in [4.69, 9.17) is 34.2 Å². The molecule has 2 rings (SSSR count). The summed E-state index contributed by atoms with van der Waals surface area (Å²) in [5.74, 6) is -4.56. The van der Waals surface area contributed by atoms with Crippen molar-refractivity contribution in [2.24, 2.45) is 35.3 Å². The summed E-state index contributed by atoms with van der Waals surface area (Å²) < 4.78 is 36.8. The van der Waals surface area contributed by atoms with E-state index in [-0.39, 0.29) is 30.8 Å². The van der Waals surface area contributed by atoms with Crippen LogP contribution >= 0.6 is 0 Å². The number of nitrogens with two attached hydrogens (primary N) is 1. The number of amides is 2. The van der Waals surface area contributed by atoms with Crippen LogP contribution in [-0.4, -0.2) is 121 Å². The monoisotopic (exact) mass is 741 g/mol. The summed E-state index contributed by atoms with van der Waals surface area (Å²) in [7, 11) is 5.39. The lowest BCUT2D eigenvalue weighted by molar-refractivity contribution is -0.277. The molecule has 2 N–H and O–H groups in total. The molecular weight excluding hydrogens is 674 g/mol. The van der Waals surface area contributed by atoms with E-state index in [1.165, 1.54) is 14.0 Å². The maximum atomic E-state index is 14.3. The van der Waals surface area contributed by atoms with E-state index in [1.54, 1.807) is 53.4 Å². The summed E-state index contributed by atoms with van der Waals surface area (Å²) in [4.78, 5) is 70.1. The molecular formula is C38H67N3O11. The summed E-state index contributed by atoms with van der Waals surface area (Å²) in [5, 5.41) is 0. The molecule has 0 spiro atoms. The van der Waals surface area contributed by atoms with Gasteiger partial charge in [0.1, 0.15) is 30.0 Å². The number of aldehydes is 1. The molecule has 2 saturated heterocycles. The molecule has 0 aliphatic carbocycles. The molecule has 0 aromatic carbocycles. The minimum absolute atomic E-state index is 0.0578. The third-order valence-corrected chi connectivity index (χ3v) is 11.3. The molecule has 0 saturated carbocycles. The van der Waals surface area contributed by atoms with Crippen molar-refractivity contribution in [3.63, 3.8) is 0 Å². The molecule has 0 aromatic rings. The molecule has 2 heterocycles. The van der Waals surface area contributed by atoms with Gasteiger partial charge in [-0.05, 0) is 87.7 Å². The number of ether oxygens (including phenoxy) is 6. The number of hydrogen-bond donors (Lipinski definition) is 1. The standard InChI is InChI=1S/C38H67N3O11/c1-16-29-38(12,51-34(39)45)25(6)26(7)41(35(46)52-36(8,9)10)19-21(2)18-37(11,47-15)31(23(4)30(43)24(5)32(44)49-29)50-33-22(3)28(40(13)14)17-27(20-42)48-33/h20-29,31,33H,16-19H2,1-15H3,(H2,39,45)/t21-,22?,23+,24?,25-,26-,27?,28?,29-,31-,33+,37-,38+/m1/s1. The van der Waals surface area contributed by atoms with E-state index in [0.29, 0.717) is 12.8 Å². The van der Waals surface area contributed by atoms with Gasteiger partial charge in [-0.25, -0.2) is 9.59 Å². The van der Waals surface area contributed by atoms with Crippen LogP contribution in [0.2, 0.25) is 0 Å². The smallest absolute Gasteiger partial charge is 0.410 e. The van der Waals surface area contributed by atoms with Crippen molar-refractivity contribution in [3.05, 3.63) is 0 Å². The van der Waals surface area contributed by atoms with Crippen LogP contribution in [0, 0.1) is 29.6 Å². The molecule has 2 aliphatic rings. The number of Topliss-reactive ketones (excluding diaryl/α,β-unsaturated/α-hetero) is 1. The highest BCUT2D eigenvalue weighted by Crippen LogP contribution is 2.40. The minimum Gasteiger partial charge on any atom is -0.458 e. The van der Waals surface area contributed by atoms with Crippen LogP contribution in [0.15, 0.2) is 0 Å². The van der Waals surface area contributed by atoms with E-state index in [9.17, 15) is 24.0 Å². The third kappa shape index (κ3) is 10.7. The number of hydrogen-bond acceptors (Lipinski definition) is 12. The second kappa shape index (κ2) is 18.0. The second-order valence-electron chi connectivity index (χ2n) is 16.7. The summed E-state index contributed by atoms with van der Waals surface area (Å²) in [6.07, 6.45) is -3.53. The highest BCUT2D eigenvalue weighted by atomic mass is 16.7. The summed E-state index contributed by atoms with van der Waals surface area (Å²) >= 11 is 0. The number of ketones is 1. The first-order valence-corrected chi connectivity index (χ1v) is 18.6. The van der Waals surface area contributed by atoms with Crippen molar-refractivity contribution in [2.75, 3.05) is 27.7 Å². The molecule has 2 aliphatic heterocycles. The number of methoxy groups -OCH3 is 1. The molecule has 300 valence electrons. The first-order valence-electron chi connectivity index (χ1n) is 18.6. The summed E-state index contributed by atoms with van der Waals surface area (Å²) in [6.45, 7) is 21.4. The van der Waals surface area contributed by atoms with Crippen molar-refractivity contribution < 1.29 is 52.4 Å². The Morgan fingerprint density at radius 3 is 2.15 bits per heavy atom. The number of primary amides is 1. The van der Waals surface area contributed by atoms with Crippen molar-refractivity contribution >= 4 is 30.2 Å². The third-order valence-electron chi connectivity index (χ3n) is 11.3. The van der Waals surface area contributed by atoms with Crippen molar-refractivity contribution in [1.82, 2.24) is 9.80 Å². The first kappa shape index (κ1) is 45.3. The van der Waals surface area contributed by atoms with Crippen LogP contribution in [0.25, 0.3) is 0 Å². The Bertz CT molecular complexity index is 1260. The maximum Gasteiger partial charge on any atom is 0.410 e. The number of cyclic esters (lactones) is 1. The Morgan fingerprint density at radius 2 is 1.67 bits per heavy atom. The largest absolute Gasteiger partial charge is 0.458 e.